The monoisotopic (exact) mass is 283 g/mol. The lowest BCUT2D eigenvalue weighted by atomic mass is 10.1. The van der Waals surface area contributed by atoms with Gasteiger partial charge < -0.3 is 5.11 Å². The number of hydrogen-bond donors (Lipinski definition) is 1. The Hall–Kier alpha value is -1.17. The van der Waals surface area contributed by atoms with Crippen LogP contribution in [-0.4, -0.2) is 30.9 Å². The Morgan fingerprint density at radius 3 is 2.53 bits per heavy atom. The van der Waals surface area contributed by atoms with E-state index >= 15 is 0 Å². The van der Waals surface area contributed by atoms with Crippen LogP contribution in [0.4, 0.5) is 0 Å². The van der Waals surface area contributed by atoms with E-state index in [0.717, 1.165) is 11.1 Å². The molecule has 0 atom stereocenters. The Morgan fingerprint density at radius 2 is 2.05 bits per heavy atom. The molecule has 0 amide bonds. The van der Waals surface area contributed by atoms with Gasteiger partial charge in [-0.1, -0.05) is 25.1 Å². The number of aliphatic hydroxyl groups excluding tert-OH is 1. The Bertz CT molecular complexity index is 564. The molecule has 5 heteroatoms. The number of aliphatic hydroxyl groups is 1. The van der Waals surface area contributed by atoms with Crippen molar-refractivity contribution < 1.29 is 13.5 Å². The molecular formula is C14H21NO3S. The van der Waals surface area contributed by atoms with Crippen molar-refractivity contribution in [3.8, 4) is 0 Å². The van der Waals surface area contributed by atoms with Crippen molar-refractivity contribution in [2.75, 3.05) is 13.1 Å². The maximum Gasteiger partial charge on any atom is 0.243 e. The number of hydrogen-bond acceptors (Lipinski definition) is 3. The average Bonchev–Trinajstić information content (AvgIpc) is 2.35. The van der Waals surface area contributed by atoms with Crippen LogP contribution in [0.5, 0.6) is 0 Å². The molecule has 0 radical (unpaired) electrons. The van der Waals surface area contributed by atoms with E-state index in [1.807, 2.05) is 6.92 Å². The average molecular weight is 283 g/mol. The molecule has 1 aromatic carbocycles. The van der Waals surface area contributed by atoms with Crippen LogP contribution < -0.4 is 0 Å². The SMILES string of the molecule is C=C(C)CN(CC)S(=O)(=O)c1ccc(C)c(CO)c1. The molecule has 0 spiro atoms. The summed E-state index contributed by atoms with van der Waals surface area (Å²) in [5, 5.41) is 9.23. The Kier molecular flexibility index (Phi) is 5.29. The van der Waals surface area contributed by atoms with E-state index in [1.165, 1.54) is 10.4 Å². The molecule has 0 heterocycles. The topological polar surface area (TPSA) is 57.6 Å². The van der Waals surface area contributed by atoms with Gasteiger partial charge >= 0.3 is 0 Å². The molecule has 0 bridgehead atoms. The third kappa shape index (κ3) is 3.65. The normalized spacial score (nSPS) is 11.8. The predicted octanol–water partition coefficient (Wildman–Crippen LogP) is 2.07. The number of nitrogens with zero attached hydrogens (tertiary/aromatic N) is 1. The number of sulfonamides is 1. The number of rotatable bonds is 6. The molecule has 19 heavy (non-hydrogen) atoms. The van der Waals surface area contributed by atoms with Gasteiger partial charge in [0.1, 0.15) is 0 Å². The molecule has 106 valence electrons. The summed E-state index contributed by atoms with van der Waals surface area (Å²) in [6.45, 7) is 9.71. The molecule has 0 aliphatic rings. The molecule has 0 aliphatic carbocycles. The summed E-state index contributed by atoms with van der Waals surface area (Å²) in [5.74, 6) is 0. The summed E-state index contributed by atoms with van der Waals surface area (Å²) in [4.78, 5) is 0.213. The zero-order chi connectivity index (χ0) is 14.6. The van der Waals surface area contributed by atoms with Gasteiger partial charge in [0.25, 0.3) is 0 Å². The number of aryl methyl sites for hydroxylation is 1. The first-order valence-corrected chi connectivity index (χ1v) is 7.61. The van der Waals surface area contributed by atoms with Crippen molar-refractivity contribution in [2.45, 2.75) is 32.3 Å². The van der Waals surface area contributed by atoms with Gasteiger partial charge in [0.2, 0.25) is 10.0 Å². The van der Waals surface area contributed by atoms with E-state index < -0.39 is 10.0 Å². The molecule has 1 rings (SSSR count). The third-order valence-electron chi connectivity index (χ3n) is 2.93. The summed E-state index contributed by atoms with van der Waals surface area (Å²) in [6, 6.07) is 4.82. The second-order valence-electron chi connectivity index (χ2n) is 4.63. The van der Waals surface area contributed by atoms with Gasteiger partial charge in [-0.25, -0.2) is 8.42 Å². The van der Waals surface area contributed by atoms with Gasteiger partial charge in [0.15, 0.2) is 0 Å². The number of benzene rings is 1. The van der Waals surface area contributed by atoms with Gasteiger partial charge in [-0.3, -0.25) is 0 Å². The lowest BCUT2D eigenvalue weighted by Gasteiger charge is -2.21. The lowest BCUT2D eigenvalue weighted by Crippen LogP contribution is -2.32. The highest BCUT2D eigenvalue weighted by atomic mass is 32.2. The van der Waals surface area contributed by atoms with E-state index in [-0.39, 0.29) is 11.5 Å². The molecule has 1 N–H and O–H groups in total. The smallest absolute Gasteiger partial charge is 0.243 e. The second-order valence-corrected chi connectivity index (χ2v) is 6.57. The van der Waals surface area contributed by atoms with Gasteiger partial charge in [-0.15, -0.1) is 0 Å². The molecule has 4 nitrogen and oxygen atoms in total. The molecule has 0 saturated heterocycles. The minimum Gasteiger partial charge on any atom is -0.392 e. The predicted molar refractivity (Wildman–Crippen MR) is 76.3 cm³/mol. The van der Waals surface area contributed by atoms with Gasteiger partial charge in [-0.05, 0) is 37.1 Å². The summed E-state index contributed by atoms with van der Waals surface area (Å²) < 4.78 is 26.3. The zero-order valence-corrected chi connectivity index (χ0v) is 12.5. The second kappa shape index (κ2) is 6.32. The van der Waals surface area contributed by atoms with Crippen molar-refractivity contribution in [1.82, 2.24) is 4.31 Å². The molecule has 0 aliphatic heterocycles. The lowest BCUT2D eigenvalue weighted by molar-refractivity contribution is 0.280. The highest BCUT2D eigenvalue weighted by Crippen LogP contribution is 2.20. The van der Waals surface area contributed by atoms with E-state index in [0.29, 0.717) is 18.7 Å². The molecule has 0 aromatic heterocycles. The first kappa shape index (κ1) is 15.9. The fourth-order valence-electron chi connectivity index (χ4n) is 1.80. The van der Waals surface area contributed by atoms with Crippen LogP contribution in [-0.2, 0) is 16.6 Å². The van der Waals surface area contributed by atoms with Crippen LogP contribution >= 0.6 is 0 Å². The van der Waals surface area contributed by atoms with Gasteiger partial charge in [-0.2, -0.15) is 4.31 Å². The van der Waals surface area contributed by atoms with E-state index in [2.05, 4.69) is 6.58 Å². The fraction of sp³-hybridized carbons (Fsp3) is 0.429. The molecule has 0 fully saturated rings. The van der Waals surface area contributed by atoms with Crippen molar-refractivity contribution >= 4 is 10.0 Å². The number of likely N-dealkylation sites (N-methyl/N-ethyl adjacent to an activating group) is 1. The highest BCUT2D eigenvalue weighted by Gasteiger charge is 2.23. The van der Waals surface area contributed by atoms with E-state index in [1.54, 1.807) is 26.0 Å². The van der Waals surface area contributed by atoms with Crippen LogP contribution in [0.3, 0.4) is 0 Å². The summed E-state index contributed by atoms with van der Waals surface area (Å²) in [5.41, 5.74) is 2.30. The standard InChI is InChI=1S/C14H21NO3S/c1-5-15(9-11(2)3)19(17,18)14-7-6-12(4)13(8-14)10-16/h6-8,16H,2,5,9-10H2,1,3-4H3. The van der Waals surface area contributed by atoms with Crippen molar-refractivity contribution in [3.63, 3.8) is 0 Å². The largest absolute Gasteiger partial charge is 0.392 e. The Balaban J connectivity index is 3.21. The highest BCUT2D eigenvalue weighted by molar-refractivity contribution is 7.89. The van der Waals surface area contributed by atoms with Crippen LogP contribution in [0, 0.1) is 6.92 Å². The van der Waals surface area contributed by atoms with Crippen molar-refractivity contribution in [2.24, 2.45) is 0 Å². The van der Waals surface area contributed by atoms with Crippen LogP contribution in [0.1, 0.15) is 25.0 Å². The van der Waals surface area contributed by atoms with Crippen LogP contribution in [0.2, 0.25) is 0 Å². The van der Waals surface area contributed by atoms with Crippen molar-refractivity contribution in [3.05, 3.63) is 41.5 Å². The first-order valence-electron chi connectivity index (χ1n) is 6.17. The summed E-state index contributed by atoms with van der Waals surface area (Å²) in [6.07, 6.45) is 0. The van der Waals surface area contributed by atoms with Crippen LogP contribution in [0.25, 0.3) is 0 Å². The zero-order valence-electron chi connectivity index (χ0n) is 11.7. The maximum atomic E-state index is 12.5. The van der Waals surface area contributed by atoms with E-state index in [4.69, 9.17) is 0 Å². The van der Waals surface area contributed by atoms with Gasteiger partial charge in [0, 0.05) is 13.1 Å². The summed E-state index contributed by atoms with van der Waals surface area (Å²) >= 11 is 0. The molecule has 0 saturated carbocycles. The Labute approximate surface area is 115 Å². The maximum absolute atomic E-state index is 12.5. The fourth-order valence-corrected chi connectivity index (χ4v) is 3.36. The van der Waals surface area contributed by atoms with Gasteiger partial charge in [0.05, 0.1) is 11.5 Å². The van der Waals surface area contributed by atoms with E-state index in [9.17, 15) is 13.5 Å². The Morgan fingerprint density at radius 1 is 1.42 bits per heavy atom. The molecule has 0 unspecified atom stereocenters. The first-order chi connectivity index (χ1) is 8.82. The quantitative estimate of drug-likeness (QED) is 0.813. The van der Waals surface area contributed by atoms with Crippen molar-refractivity contribution in [1.29, 1.82) is 0 Å². The van der Waals surface area contributed by atoms with Crippen LogP contribution in [0.15, 0.2) is 35.2 Å². The third-order valence-corrected chi connectivity index (χ3v) is 4.84. The summed E-state index contributed by atoms with van der Waals surface area (Å²) in [7, 11) is -3.53. The minimum absolute atomic E-state index is 0.165. The minimum atomic E-state index is -3.53. The molecule has 1 aromatic rings. The molecular weight excluding hydrogens is 262 g/mol.